The van der Waals surface area contributed by atoms with Gasteiger partial charge in [0.2, 0.25) is 0 Å². The zero-order valence-corrected chi connectivity index (χ0v) is 32.5. The Morgan fingerprint density at radius 1 is 0.833 bits per heavy atom. The number of nitrogens with zero attached hydrogens (tertiary/aromatic N) is 1. The van der Waals surface area contributed by atoms with Gasteiger partial charge >= 0.3 is 0 Å². The Bertz CT molecular complexity index is 2780. The number of hydrogen-bond acceptors (Lipinski definition) is 3. The van der Waals surface area contributed by atoms with Crippen molar-refractivity contribution >= 4 is 66.0 Å². The van der Waals surface area contributed by atoms with Crippen molar-refractivity contribution in [3.8, 4) is 0 Å². The van der Waals surface area contributed by atoms with Gasteiger partial charge in [0.15, 0.2) is 0 Å². The van der Waals surface area contributed by atoms with Crippen LogP contribution >= 0.6 is 18.5 Å². The smallest absolute Gasteiger partial charge is 0.146 e. The summed E-state index contributed by atoms with van der Waals surface area (Å²) < 4.78 is 18.0. The molecule has 5 aromatic rings. The largest absolute Gasteiger partial charge is 0.313 e. The molecular formula is C50H42NOPS. The van der Waals surface area contributed by atoms with Gasteiger partial charge in [-0.1, -0.05) is 160 Å². The van der Waals surface area contributed by atoms with Gasteiger partial charge in [0.1, 0.15) is 7.14 Å². The predicted octanol–water partition coefficient (Wildman–Crippen LogP) is 13.3. The Morgan fingerprint density at radius 3 is 2.52 bits per heavy atom. The van der Waals surface area contributed by atoms with Gasteiger partial charge < -0.3 is 4.57 Å². The molecule has 6 unspecified atom stereocenters. The fourth-order valence-corrected chi connectivity index (χ4v) is 14.4. The Labute approximate surface area is 321 Å². The second kappa shape index (κ2) is 12.8. The molecular weight excluding hydrogens is 694 g/mol. The first-order valence-corrected chi connectivity index (χ1v) is 21.8. The Morgan fingerprint density at radius 2 is 1.67 bits per heavy atom. The Hall–Kier alpha value is -5.08. The summed E-state index contributed by atoms with van der Waals surface area (Å²) in [6.45, 7) is 6.83. The second-order valence-corrected chi connectivity index (χ2v) is 19.8. The first-order valence-electron chi connectivity index (χ1n) is 19.2. The molecule has 4 heteroatoms. The van der Waals surface area contributed by atoms with Crippen molar-refractivity contribution in [1.82, 2.24) is 4.98 Å². The summed E-state index contributed by atoms with van der Waals surface area (Å²) >= 11 is 1.85. The number of aromatic nitrogens is 1. The third-order valence-electron chi connectivity index (χ3n) is 12.3. The van der Waals surface area contributed by atoms with E-state index in [9.17, 15) is 0 Å². The lowest BCUT2D eigenvalue weighted by Crippen LogP contribution is -2.32. The number of thiophene rings is 1. The number of allylic oxidation sites excluding steroid dienone is 20. The maximum atomic E-state index is 15.5. The van der Waals surface area contributed by atoms with Gasteiger partial charge in [-0.15, -0.1) is 11.3 Å². The molecule has 0 aliphatic heterocycles. The Balaban J connectivity index is 1.11. The van der Waals surface area contributed by atoms with Crippen LogP contribution in [0.25, 0.3) is 42.2 Å². The summed E-state index contributed by atoms with van der Waals surface area (Å²) in [5, 5.41) is 5.75. The molecule has 2 aromatic heterocycles. The fraction of sp³-hybridized carbons (Fsp3) is 0.180. The van der Waals surface area contributed by atoms with Crippen LogP contribution in [0.5, 0.6) is 0 Å². The van der Waals surface area contributed by atoms with Crippen molar-refractivity contribution in [2.45, 2.75) is 32.9 Å². The summed E-state index contributed by atoms with van der Waals surface area (Å²) in [6.07, 6.45) is 34.5. The molecule has 0 fully saturated rings. The van der Waals surface area contributed by atoms with Gasteiger partial charge in [-0.05, 0) is 70.1 Å². The zero-order chi connectivity index (χ0) is 36.6. The topological polar surface area (TPSA) is 30.0 Å². The lowest BCUT2D eigenvalue weighted by Gasteiger charge is -2.42. The first kappa shape index (κ1) is 33.5. The summed E-state index contributed by atoms with van der Waals surface area (Å²) in [5.74, 6) is 0.755. The van der Waals surface area contributed by atoms with Crippen LogP contribution in [0.1, 0.15) is 38.4 Å². The van der Waals surface area contributed by atoms with Crippen molar-refractivity contribution in [2.75, 3.05) is 0 Å². The molecule has 0 bridgehead atoms. The van der Waals surface area contributed by atoms with Gasteiger partial charge in [-0.2, -0.15) is 0 Å². The average Bonchev–Trinajstić information content (AvgIpc) is 3.60. The SMILES string of the molecule is CC1C=CC=C(P(=O)(c2ccccc2)C2C=CC(c3ccc4nc(C5=C6C=CC=CC6(C)C6C=CC=CC6=C5)c5sc6ccccc6c5c4c3)=CC2C)C1. The maximum Gasteiger partial charge on any atom is 0.146 e. The fourth-order valence-electron chi connectivity index (χ4n) is 9.56. The van der Waals surface area contributed by atoms with E-state index >= 15 is 4.57 Å². The monoisotopic (exact) mass is 735 g/mol. The van der Waals surface area contributed by atoms with Crippen LogP contribution in [0.3, 0.4) is 0 Å². The van der Waals surface area contributed by atoms with E-state index in [1.807, 2.05) is 29.5 Å². The number of pyridine rings is 1. The molecule has 0 N–H and O–H groups in total. The molecule has 2 nitrogen and oxygen atoms in total. The summed E-state index contributed by atoms with van der Waals surface area (Å²) in [6, 6.07) is 25.8. The van der Waals surface area contributed by atoms with Crippen LogP contribution in [0.2, 0.25) is 0 Å². The van der Waals surface area contributed by atoms with Crippen LogP contribution in [0.15, 0.2) is 180 Å². The van der Waals surface area contributed by atoms with E-state index in [4.69, 9.17) is 4.98 Å². The van der Waals surface area contributed by atoms with Crippen LogP contribution in [-0.2, 0) is 4.57 Å². The van der Waals surface area contributed by atoms with Crippen molar-refractivity contribution < 1.29 is 4.57 Å². The molecule has 6 atom stereocenters. The van der Waals surface area contributed by atoms with E-state index in [-0.39, 0.29) is 17.0 Å². The number of benzene rings is 3. The van der Waals surface area contributed by atoms with E-state index in [1.165, 1.54) is 47.9 Å². The molecule has 5 aliphatic rings. The van der Waals surface area contributed by atoms with Crippen LogP contribution in [0.4, 0.5) is 0 Å². The van der Waals surface area contributed by atoms with Crippen LogP contribution in [-0.4, -0.2) is 10.6 Å². The summed E-state index contributed by atoms with van der Waals surface area (Å²) in [4.78, 5) is 5.54. The van der Waals surface area contributed by atoms with E-state index in [0.29, 0.717) is 11.8 Å². The minimum atomic E-state index is -2.92. The molecule has 2 heterocycles. The molecule has 0 spiro atoms. The van der Waals surface area contributed by atoms with Crippen LogP contribution < -0.4 is 5.30 Å². The van der Waals surface area contributed by atoms with Crippen molar-refractivity contribution in [2.24, 2.45) is 23.2 Å². The number of rotatable bonds is 5. The minimum absolute atomic E-state index is 0.0866. The third-order valence-corrected chi connectivity index (χ3v) is 17.2. The highest BCUT2D eigenvalue weighted by atomic mass is 32.1. The molecule has 0 radical (unpaired) electrons. The normalized spacial score (nSPS) is 26.8. The van der Waals surface area contributed by atoms with Gasteiger partial charge in [-0.3, -0.25) is 0 Å². The van der Waals surface area contributed by atoms with E-state index in [1.54, 1.807) is 0 Å². The second-order valence-electron chi connectivity index (χ2n) is 15.7. The predicted molar refractivity (Wildman–Crippen MR) is 233 cm³/mol. The molecule has 0 saturated heterocycles. The van der Waals surface area contributed by atoms with Crippen LogP contribution in [0, 0.1) is 23.2 Å². The molecule has 0 amide bonds. The van der Waals surface area contributed by atoms with E-state index in [0.717, 1.165) is 33.8 Å². The highest BCUT2D eigenvalue weighted by Crippen LogP contribution is 2.63. The molecule has 5 aliphatic carbocycles. The average molecular weight is 736 g/mol. The maximum absolute atomic E-state index is 15.5. The van der Waals surface area contributed by atoms with Crippen molar-refractivity contribution in [3.05, 3.63) is 192 Å². The van der Waals surface area contributed by atoms with E-state index in [2.05, 4.69) is 167 Å². The summed E-state index contributed by atoms with van der Waals surface area (Å²) in [5.41, 5.74) is 8.01. The summed E-state index contributed by atoms with van der Waals surface area (Å²) in [7, 11) is -2.92. The van der Waals surface area contributed by atoms with Gasteiger partial charge in [0.25, 0.3) is 0 Å². The van der Waals surface area contributed by atoms with Crippen molar-refractivity contribution in [1.29, 1.82) is 0 Å². The molecule has 0 saturated carbocycles. The molecule has 3 aromatic carbocycles. The Kier molecular flexibility index (Phi) is 7.91. The highest BCUT2D eigenvalue weighted by molar-refractivity contribution is 7.76. The number of fused-ring (bicyclic) bond motifs is 8. The van der Waals surface area contributed by atoms with Crippen molar-refractivity contribution in [3.63, 3.8) is 0 Å². The van der Waals surface area contributed by atoms with E-state index < -0.39 is 7.14 Å². The molecule has 54 heavy (non-hydrogen) atoms. The standard InChI is InChI=1S/C50H42NOPS/c1-32-14-13-18-38(28-32)53(52,37-16-5-4-6-17-37)45-26-24-34(29-33(45)2)35-23-25-44-41(30-35)47-39-19-8-10-22-46(39)54-49(47)48(51-44)40-31-36-15-7-9-20-42(36)50(3)27-12-11-21-43(40)50/h4-27,29-33,42,45H,28H2,1-3H3. The lowest BCUT2D eigenvalue weighted by molar-refractivity contribution is 0.422. The molecule has 264 valence electrons. The first-order chi connectivity index (χ1) is 26.3. The van der Waals surface area contributed by atoms with Gasteiger partial charge in [-0.25, -0.2) is 4.98 Å². The lowest BCUT2D eigenvalue weighted by atomic mass is 9.61. The quantitative estimate of drug-likeness (QED) is 0.168. The third kappa shape index (κ3) is 5.13. The zero-order valence-electron chi connectivity index (χ0n) is 30.8. The van der Waals surface area contributed by atoms with Gasteiger partial charge in [0.05, 0.1) is 15.9 Å². The highest BCUT2D eigenvalue weighted by Gasteiger charge is 2.42. The minimum Gasteiger partial charge on any atom is -0.313 e. The molecule has 10 rings (SSSR count). The van der Waals surface area contributed by atoms with Gasteiger partial charge in [0, 0.05) is 48.7 Å². The number of hydrogen-bond donors (Lipinski definition) is 0.